The number of methoxy groups -OCH3 is 4. The number of ether oxygens (including phenoxy) is 4. The summed E-state index contributed by atoms with van der Waals surface area (Å²) in [5.74, 6) is 3.16. The zero-order valence-corrected chi connectivity index (χ0v) is 37.2. The van der Waals surface area contributed by atoms with Gasteiger partial charge in [-0.05, 0) is 155 Å². The largest absolute Gasteiger partial charge is 0.497 e. The van der Waals surface area contributed by atoms with Gasteiger partial charge in [0.25, 0.3) is 0 Å². The van der Waals surface area contributed by atoms with Crippen LogP contribution in [0, 0.1) is 0 Å². The summed E-state index contributed by atoms with van der Waals surface area (Å²) in [7, 11) is 6.78. The highest BCUT2D eigenvalue weighted by Gasteiger charge is 2.51. The van der Waals surface area contributed by atoms with E-state index in [0.717, 1.165) is 96.3 Å². The molecule has 1 aliphatic heterocycles. The molecule has 8 heteroatoms. The monoisotopic (exact) mass is 842 g/mol. The molecule has 7 aromatic carbocycles. The standard InChI is InChI=1S/C56H50N4O4/c1-55(2,3)54-36-53-49-10-8-9-11-50(49)56(60(53)57-54)51-34-43(58(39-18-26-45(61-4)27-19-39)40-20-28-46(62-5)29-21-40)16-14-37(51)12-13-38-15-17-44(35-52(38)56)59(41-22-30-47(63-6)31-23-41)42-24-32-48(64-7)33-25-42/h8-36H,1-7H3. The van der Waals surface area contributed by atoms with Crippen molar-refractivity contribution in [3.05, 3.63) is 197 Å². The summed E-state index contributed by atoms with van der Waals surface area (Å²) in [4.78, 5) is 4.58. The van der Waals surface area contributed by atoms with Crippen LogP contribution in [0.4, 0.5) is 34.1 Å². The molecule has 318 valence electrons. The topological polar surface area (TPSA) is 61.2 Å². The van der Waals surface area contributed by atoms with Gasteiger partial charge in [0.1, 0.15) is 28.5 Å². The van der Waals surface area contributed by atoms with Crippen molar-refractivity contribution in [1.82, 2.24) is 9.78 Å². The van der Waals surface area contributed by atoms with Crippen LogP contribution in [0.15, 0.2) is 164 Å². The minimum Gasteiger partial charge on any atom is -0.497 e. The number of benzene rings is 7. The van der Waals surface area contributed by atoms with E-state index in [0.29, 0.717) is 0 Å². The van der Waals surface area contributed by atoms with Crippen molar-refractivity contribution in [1.29, 1.82) is 0 Å². The Morgan fingerprint density at radius 1 is 0.438 bits per heavy atom. The van der Waals surface area contributed by atoms with E-state index in [2.05, 4.69) is 163 Å². The molecule has 0 fully saturated rings. The third-order valence-corrected chi connectivity index (χ3v) is 12.5. The molecule has 8 aromatic rings. The Labute approximate surface area is 375 Å². The summed E-state index contributed by atoms with van der Waals surface area (Å²) in [5.41, 5.74) is 13.7. The Balaban J connectivity index is 1.27. The minimum atomic E-state index is -0.896. The second-order valence-electron chi connectivity index (χ2n) is 17.2. The van der Waals surface area contributed by atoms with Crippen LogP contribution in [0.2, 0.25) is 0 Å². The smallest absolute Gasteiger partial charge is 0.140 e. The summed E-state index contributed by atoms with van der Waals surface area (Å²) in [6.07, 6.45) is 4.52. The van der Waals surface area contributed by atoms with E-state index in [-0.39, 0.29) is 5.41 Å². The lowest BCUT2D eigenvalue weighted by Crippen LogP contribution is -2.37. The van der Waals surface area contributed by atoms with Gasteiger partial charge in [0.05, 0.1) is 39.8 Å². The van der Waals surface area contributed by atoms with Crippen molar-refractivity contribution in [2.24, 2.45) is 0 Å². The van der Waals surface area contributed by atoms with Crippen LogP contribution in [-0.4, -0.2) is 38.2 Å². The van der Waals surface area contributed by atoms with Gasteiger partial charge in [0.15, 0.2) is 0 Å². The molecule has 2 aliphatic rings. The van der Waals surface area contributed by atoms with Gasteiger partial charge in [0.2, 0.25) is 0 Å². The number of nitrogens with zero attached hydrogens (tertiary/aromatic N) is 4. The highest BCUT2D eigenvalue weighted by atomic mass is 16.5. The quantitative estimate of drug-likeness (QED) is 0.136. The lowest BCUT2D eigenvalue weighted by atomic mass is 9.74. The Bertz CT molecular complexity index is 2770. The first-order valence-electron chi connectivity index (χ1n) is 21.5. The lowest BCUT2D eigenvalue weighted by molar-refractivity contribution is 0.414. The van der Waals surface area contributed by atoms with Gasteiger partial charge in [0, 0.05) is 45.1 Å². The molecular formula is C56H50N4O4. The third kappa shape index (κ3) is 6.65. The van der Waals surface area contributed by atoms with Gasteiger partial charge >= 0.3 is 0 Å². The Morgan fingerprint density at radius 3 is 1.19 bits per heavy atom. The van der Waals surface area contributed by atoms with Crippen molar-refractivity contribution in [3.8, 4) is 34.3 Å². The maximum atomic E-state index is 5.66. The summed E-state index contributed by atoms with van der Waals surface area (Å²) in [6.45, 7) is 6.71. The first-order chi connectivity index (χ1) is 31.1. The van der Waals surface area contributed by atoms with Crippen molar-refractivity contribution in [2.75, 3.05) is 38.2 Å². The second-order valence-corrected chi connectivity index (χ2v) is 17.2. The molecule has 1 spiro atoms. The minimum absolute atomic E-state index is 0.203. The number of aromatic nitrogens is 2. The molecule has 0 radical (unpaired) electrons. The molecule has 0 atom stereocenters. The Kier molecular flexibility index (Phi) is 10.0. The number of hydrogen-bond acceptors (Lipinski definition) is 7. The average Bonchev–Trinajstić information content (AvgIpc) is 3.86. The van der Waals surface area contributed by atoms with Crippen molar-refractivity contribution >= 4 is 46.3 Å². The lowest BCUT2D eigenvalue weighted by Gasteiger charge is -2.37. The maximum absolute atomic E-state index is 5.66. The average molecular weight is 843 g/mol. The van der Waals surface area contributed by atoms with E-state index in [4.69, 9.17) is 24.0 Å². The molecule has 1 aliphatic carbocycles. The van der Waals surface area contributed by atoms with Crippen molar-refractivity contribution in [2.45, 2.75) is 31.7 Å². The zero-order valence-electron chi connectivity index (χ0n) is 37.2. The van der Waals surface area contributed by atoms with E-state index in [9.17, 15) is 0 Å². The van der Waals surface area contributed by atoms with Gasteiger partial charge in [-0.15, -0.1) is 0 Å². The van der Waals surface area contributed by atoms with Crippen molar-refractivity contribution in [3.63, 3.8) is 0 Å². The summed E-state index contributed by atoms with van der Waals surface area (Å²) >= 11 is 0. The van der Waals surface area contributed by atoms with Crippen LogP contribution < -0.4 is 28.7 Å². The molecule has 0 N–H and O–H groups in total. The highest BCUT2D eigenvalue weighted by Crippen LogP contribution is 2.56. The number of hydrogen-bond donors (Lipinski definition) is 0. The van der Waals surface area contributed by atoms with E-state index in [1.54, 1.807) is 28.4 Å². The van der Waals surface area contributed by atoms with E-state index in [1.807, 2.05) is 48.5 Å². The number of anilines is 6. The Morgan fingerprint density at radius 2 is 0.812 bits per heavy atom. The molecule has 0 saturated heterocycles. The first kappa shape index (κ1) is 40.4. The fourth-order valence-electron chi connectivity index (χ4n) is 9.28. The van der Waals surface area contributed by atoms with Gasteiger partial charge in [-0.2, -0.15) is 5.10 Å². The molecule has 2 heterocycles. The van der Waals surface area contributed by atoms with Gasteiger partial charge in [-0.25, -0.2) is 4.68 Å². The number of fused-ring (bicyclic) bond motifs is 9. The molecular weight excluding hydrogens is 793 g/mol. The van der Waals surface area contributed by atoms with Crippen LogP contribution in [-0.2, 0) is 11.0 Å². The maximum Gasteiger partial charge on any atom is 0.140 e. The van der Waals surface area contributed by atoms with Gasteiger partial charge in [-0.3, -0.25) is 0 Å². The zero-order chi connectivity index (χ0) is 44.2. The SMILES string of the molecule is COc1ccc(N(c2ccc(OC)cc2)c2ccc3c(c2)C2(c4cc(N(c5ccc(OC)cc5)c5ccc(OC)cc5)ccc4C=C3)c3ccccc3-c3cc(C(C)(C)C)nn32)cc1. The summed E-state index contributed by atoms with van der Waals surface area (Å²) in [5, 5.41) is 5.66. The fourth-order valence-corrected chi connectivity index (χ4v) is 9.28. The molecule has 8 nitrogen and oxygen atoms in total. The molecule has 1 aromatic heterocycles. The molecule has 0 saturated carbocycles. The van der Waals surface area contributed by atoms with Crippen molar-refractivity contribution < 1.29 is 18.9 Å². The Hall–Kier alpha value is -7.71. The first-order valence-corrected chi connectivity index (χ1v) is 21.5. The van der Waals surface area contributed by atoms with Gasteiger partial charge < -0.3 is 28.7 Å². The highest BCUT2D eigenvalue weighted by molar-refractivity contribution is 5.89. The summed E-state index contributed by atoms with van der Waals surface area (Å²) in [6, 6.07) is 57.7. The molecule has 64 heavy (non-hydrogen) atoms. The second kappa shape index (κ2) is 15.9. The van der Waals surface area contributed by atoms with Gasteiger partial charge in [-0.1, -0.05) is 69.3 Å². The van der Waals surface area contributed by atoms with E-state index in [1.165, 1.54) is 5.56 Å². The van der Waals surface area contributed by atoms with Crippen LogP contribution in [0.3, 0.4) is 0 Å². The van der Waals surface area contributed by atoms with E-state index >= 15 is 0 Å². The van der Waals surface area contributed by atoms with Crippen LogP contribution in [0.5, 0.6) is 23.0 Å². The fraction of sp³-hybridized carbons (Fsp3) is 0.161. The van der Waals surface area contributed by atoms with Crippen LogP contribution in [0.1, 0.15) is 54.3 Å². The molecule has 10 rings (SSSR count). The van der Waals surface area contributed by atoms with E-state index < -0.39 is 5.54 Å². The normalized spacial score (nSPS) is 13.0. The predicted molar refractivity (Wildman–Crippen MR) is 259 cm³/mol. The van der Waals surface area contributed by atoms with Crippen LogP contribution in [0.25, 0.3) is 23.4 Å². The van der Waals surface area contributed by atoms with Crippen LogP contribution >= 0.6 is 0 Å². The third-order valence-electron chi connectivity index (χ3n) is 12.5. The molecule has 0 amide bonds. The number of rotatable bonds is 10. The molecule has 0 unspecified atom stereocenters. The summed E-state index contributed by atoms with van der Waals surface area (Å²) < 4.78 is 24.7. The predicted octanol–water partition coefficient (Wildman–Crippen LogP) is 13.5. The molecule has 0 bridgehead atoms.